The summed E-state index contributed by atoms with van der Waals surface area (Å²) in [7, 11) is 0. The first kappa shape index (κ1) is 14.9. The van der Waals surface area contributed by atoms with Crippen LogP contribution in [-0.4, -0.2) is 48.8 Å². The number of rotatable bonds is 7. The van der Waals surface area contributed by atoms with Crippen molar-refractivity contribution in [3.8, 4) is 0 Å². The molecule has 2 rings (SSSR count). The lowest BCUT2D eigenvalue weighted by Crippen LogP contribution is -2.48. The van der Waals surface area contributed by atoms with Crippen molar-refractivity contribution in [2.45, 2.75) is 32.9 Å². The SMILES string of the molecule is CC(C)CC(CNCc1nccs1)N1CCOCC1. The molecule has 1 N–H and O–H groups in total. The molecule has 1 saturated heterocycles. The summed E-state index contributed by atoms with van der Waals surface area (Å²) in [4.78, 5) is 6.88. The fourth-order valence-electron chi connectivity index (χ4n) is 2.53. The smallest absolute Gasteiger partial charge is 0.106 e. The summed E-state index contributed by atoms with van der Waals surface area (Å²) in [6, 6.07) is 0.615. The summed E-state index contributed by atoms with van der Waals surface area (Å²) in [6.45, 7) is 10.4. The molecule has 1 aromatic rings. The van der Waals surface area contributed by atoms with Crippen LogP contribution in [0.2, 0.25) is 0 Å². The highest BCUT2D eigenvalue weighted by Crippen LogP contribution is 2.13. The molecule has 1 aliphatic heterocycles. The van der Waals surface area contributed by atoms with Crippen molar-refractivity contribution in [2.75, 3.05) is 32.8 Å². The number of ether oxygens (including phenoxy) is 1. The van der Waals surface area contributed by atoms with Crippen LogP contribution in [0.3, 0.4) is 0 Å². The van der Waals surface area contributed by atoms with Crippen LogP contribution in [0, 0.1) is 5.92 Å². The second kappa shape index (κ2) is 7.94. The molecule has 4 nitrogen and oxygen atoms in total. The molecule has 1 atom stereocenters. The molecule has 19 heavy (non-hydrogen) atoms. The Morgan fingerprint density at radius 1 is 1.42 bits per heavy atom. The Kier molecular flexibility index (Phi) is 6.23. The Balaban J connectivity index is 1.79. The first-order chi connectivity index (χ1) is 9.25. The van der Waals surface area contributed by atoms with E-state index < -0.39 is 0 Å². The zero-order valence-corrected chi connectivity index (χ0v) is 12.8. The van der Waals surface area contributed by atoms with Crippen LogP contribution in [-0.2, 0) is 11.3 Å². The Morgan fingerprint density at radius 2 is 2.21 bits per heavy atom. The van der Waals surface area contributed by atoms with Crippen molar-refractivity contribution in [1.82, 2.24) is 15.2 Å². The van der Waals surface area contributed by atoms with Gasteiger partial charge in [0.15, 0.2) is 0 Å². The van der Waals surface area contributed by atoms with Gasteiger partial charge in [0, 0.05) is 43.8 Å². The molecule has 0 saturated carbocycles. The average molecular weight is 283 g/mol. The number of thiazole rings is 1. The van der Waals surface area contributed by atoms with Crippen LogP contribution in [0.25, 0.3) is 0 Å². The van der Waals surface area contributed by atoms with E-state index in [1.807, 2.05) is 11.6 Å². The van der Waals surface area contributed by atoms with Gasteiger partial charge in [-0.25, -0.2) is 4.98 Å². The number of nitrogens with zero attached hydrogens (tertiary/aromatic N) is 2. The summed E-state index contributed by atoms with van der Waals surface area (Å²) >= 11 is 1.72. The molecule has 5 heteroatoms. The monoisotopic (exact) mass is 283 g/mol. The second-order valence-electron chi connectivity index (χ2n) is 5.49. The highest BCUT2D eigenvalue weighted by atomic mass is 32.1. The van der Waals surface area contributed by atoms with E-state index in [0.29, 0.717) is 6.04 Å². The van der Waals surface area contributed by atoms with Crippen molar-refractivity contribution in [3.63, 3.8) is 0 Å². The minimum atomic E-state index is 0.615. The van der Waals surface area contributed by atoms with Gasteiger partial charge in [0.25, 0.3) is 0 Å². The van der Waals surface area contributed by atoms with Gasteiger partial charge in [-0.05, 0) is 12.3 Å². The third-order valence-electron chi connectivity index (χ3n) is 3.45. The zero-order valence-electron chi connectivity index (χ0n) is 12.0. The van der Waals surface area contributed by atoms with Gasteiger partial charge in [0.05, 0.1) is 13.2 Å². The highest BCUT2D eigenvalue weighted by Gasteiger charge is 2.21. The molecule has 0 aliphatic carbocycles. The van der Waals surface area contributed by atoms with E-state index in [9.17, 15) is 0 Å². The number of morpholine rings is 1. The van der Waals surface area contributed by atoms with Gasteiger partial charge >= 0.3 is 0 Å². The van der Waals surface area contributed by atoms with Gasteiger partial charge in [-0.15, -0.1) is 11.3 Å². The van der Waals surface area contributed by atoms with E-state index >= 15 is 0 Å². The van der Waals surface area contributed by atoms with Crippen LogP contribution in [0.5, 0.6) is 0 Å². The average Bonchev–Trinajstić information content (AvgIpc) is 2.91. The summed E-state index contributed by atoms with van der Waals surface area (Å²) < 4.78 is 5.45. The maximum absolute atomic E-state index is 5.45. The fourth-order valence-corrected chi connectivity index (χ4v) is 3.12. The fraction of sp³-hybridized carbons (Fsp3) is 0.786. The van der Waals surface area contributed by atoms with Crippen LogP contribution in [0.1, 0.15) is 25.3 Å². The maximum Gasteiger partial charge on any atom is 0.106 e. The predicted octanol–water partition coefficient (Wildman–Crippen LogP) is 1.98. The molecule has 0 spiro atoms. The molecular weight excluding hydrogens is 258 g/mol. The van der Waals surface area contributed by atoms with Gasteiger partial charge in [0.2, 0.25) is 0 Å². The number of hydrogen-bond acceptors (Lipinski definition) is 5. The van der Waals surface area contributed by atoms with Gasteiger partial charge in [0.1, 0.15) is 5.01 Å². The van der Waals surface area contributed by atoms with Crippen molar-refractivity contribution in [2.24, 2.45) is 5.92 Å². The van der Waals surface area contributed by atoms with E-state index in [-0.39, 0.29) is 0 Å². The normalized spacial score (nSPS) is 18.9. The lowest BCUT2D eigenvalue weighted by Gasteiger charge is -2.35. The second-order valence-corrected chi connectivity index (χ2v) is 6.47. The Hall–Kier alpha value is -0.490. The molecule has 1 unspecified atom stereocenters. The molecule has 0 amide bonds. The lowest BCUT2D eigenvalue weighted by molar-refractivity contribution is 0.0123. The van der Waals surface area contributed by atoms with Crippen LogP contribution < -0.4 is 5.32 Å². The lowest BCUT2D eigenvalue weighted by atomic mass is 10.0. The summed E-state index contributed by atoms with van der Waals surface area (Å²) in [5.41, 5.74) is 0. The first-order valence-corrected chi connectivity index (χ1v) is 8.04. The van der Waals surface area contributed by atoms with Gasteiger partial charge in [-0.1, -0.05) is 13.8 Å². The van der Waals surface area contributed by atoms with E-state index in [0.717, 1.165) is 45.3 Å². The summed E-state index contributed by atoms with van der Waals surface area (Å²) in [5, 5.41) is 6.76. The number of aromatic nitrogens is 1. The summed E-state index contributed by atoms with van der Waals surface area (Å²) in [6.07, 6.45) is 3.11. The molecular formula is C14H25N3OS. The molecule has 1 aromatic heterocycles. The highest BCUT2D eigenvalue weighted by molar-refractivity contribution is 7.09. The third kappa shape index (κ3) is 5.18. The minimum absolute atomic E-state index is 0.615. The Morgan fingerprint density at radius 3 is 2.84 bits per heavy atom. The predicted molar refractivity (Wildman–Crippen MR) is 79.5 cm³/mol. The largest absolute Gasteiger partial charge is 0.379 e. The topological polar surface area (TPSA) is 37.4 Å². The van der Waals surface area contributed by atoms with Crippen molar-refractivity contribution in [1.29, 1.82) is 0 Å². The van der Waals surface area contributed by atoms with Crippen molar-refractivity contribution < 1.29 is 4.74 Å². The molecule has 0 radical (unpaired) electrons. The molecule has 108 valence electrons. The summed E-state index contributed by atoms with van der Waals surface area (Å²) in [5.74, 6) is 0.731. The van der Waals surface area contributed by atoms with Gasteiger partial charge < -0.3 is 10.1 Å². The van der Waals surface area contributed by atoms with Crippen molar-refractivity contribution in [3.05, 3.63) is 16.6 Å². The van der Waals surface area contributed by atoms with Gasteiger partial charge in [-0.2, -0.15) is 0 Å². The van der Waals surface area contributed by atoms with Crippen LogP contribution >= 0.6 is 11.3 Å². The van der Waals surface area contributed by atoms with E-state index in [2.05, 4.69) is 29.0 Å². The van der Waals surface area contributed by atoms with Crippen LogP contribution in [0.4, 0.5) is 0 Å². The van der Waals surface area contributed by atoms with E-state index in [1.165, 1.54) is 11.4 Å². The first-order valence-electron chi connectivity index (χ1n) is 7.16. The standard InChI is InChI=1S/C14H25N3OS/c1-12(2)9-13(17-4-6-18-7-5-17)10-15-11-14-16-3-8-19-14/h3,8,12-13,15H,4-7,9-11H2,1-2H3. The molecule has 0 aromatic carbocycles. The number of nitrogens with one attached hydrogen (secondary N) is 1. The minimum Gasteiger partial charge on any atom is -0.379 e. The van der Waals surface area contributed by atoms with Gasteiger partial charge in [-0.3, -0.25) is 4.90 Å². The molecule has 0 bridgehead atoms. The Labute approximate surface area is 120 Å². The number of hydrogen-bond donors (Lipinski definition) is 1. The Bertz CT molecular complexity index is 336. The maximum atomic E-state index is 5.45. The van der Waals surface area contributed by atoms with Crippen molar-refractivity contribution >= 4 is 11.3 Å². The quantitative estimate of drug-likeness (QED) is 0.830. The van der Waals surface area contributed by atoms with E-state index in [1.54, 1.807) is 11.3 Å². The third-order valence-corrected chi connectivity index (χ3v) is 4.22. The zero-order chi connectivity index (χ0) is 13.5. The molecule has 1 aliphatic rings. The molecule has 1 fully saturated rings. The van der Waals surface area contributed by atoms with Crippen LogP contribution in [0.15, 0.2) is 11.6 Å². The molecule has 2 heterocycles. The van der Waals surface area contributed by atoms with E-state index in [4.69, 9.17) is 4.74 Å².